The lowest BCUT2D eigenvalue weighted by molar-refractivity contribution is 0.0101. The van der Waals surface area contributed by atoms with Gasteiger partial charge in [0.1, 0.15) is 0 Å². The Morgan fingerprint density at radius 2 is 1.93 bits per heavy atom. The molecule has 2 unspecified atom stereocenters. The second-order valence-corrected chi connectivity index (χ2v) is 3.48. The molecule has 2 atom stereocenters. The molecule has 0 saturated heterocycles. The number of ether oxygens (including phenoxy) is 2. The zero-order valence-corrected chi connectivity index (χ0v) is 9.52. The Hall–Kier alpha value is -0.640. The van der Waals surface area contributed by atoms with Crippen LogP contribution in [0.4, 0.5) is 0 Å². The maximum Gasteiger partial charge on any atom is 0.0648 e. The van der Waals surface area contributed by atoms with Crippen LogP contribution in [0.25, 0.3) is 0 Å². The van der Waals surface area contributed by atoms with E-state index in [0.717, 1.165) is 6.42 Å². The van der Waals surface area contributed by atoms with Gasteiger partial charge >= 0.3 is 0 Å². The van der Waals surface area contributed by atoms with Gasteiger partial charge in [0.15, 0.2) is 0 Å². The maximum atomic E-state index is 9.26. The van der Waals surface area contributed by atoms with E-state index in [0.29, 0.717) is 26.2 Å². The third-order valence-corrected chi connectivity index (χ3v) is 1.87. The summed E-state index contributed by atoms with van der Waals surface area (Å²) >= 11 is 0. The van der Waals surface area contributed by atoms with E-state index in [9.17, 15) is 5.11 Å². The molecule has 0 aliphatic heterocycles. The molecule has 1 N–H and O–H groups in total. The zero-order chi connectivity index (χ0) is 11.5. The molecule has 0 radical (unpaired) electrons. The fraction of sp³-hybridized carbons (Fsp3) is 0.667. The summed E-state index contributed by atoms with van der Waals surface area (Å²) in [5, 5.41) is 9.26. The molecule has 0 rings (SSSR count). The van der Waals surface area contributed by atoms with Crippen molar-refractivity contribution in [1.82, 2.24) is 0 Å². The normalized spacial score (nSPS) is 14.5. The average Bonchev–Trinajstić information content (AvgIpc) is 2.19. The van der Waals surface area contributed by atoms with Gasteiger partial charge in [0.2, 0.25) is 0 Å². The Balaban J connectivity index is 3.68. The molecule has 0 amide bonds. The standard InChI is InChI=1S/C12H22O3/c1-4-7-14-9-6-12(10-11(3)13)15-8-5-2/h4-5,11-13H,1-2,6-10H2,3H3. The van der Waals surface area contributed by atoms with E-state index < -0.39 is 0 Å². The molecule has 0 aliphatic rings. The fourth-order valence-electron chi connectivity index (χ4n) is 1.24. The van der Waals surface area contributed by atoms with E-state index in [1.807, 2.05) is 0 Å². The van der Waals surface area contributed by atoms with Gasteiger partial charge in [-0.05, 0) is 19.8 Å². The molecule has 3 nitrogen and oxygen atoms in total. The van der Waals surface area contributed by atoms with Crippen LogP contribution in [0.2, 0.25) is 0 Å². The smallest absolute Gasteiger partial charge is 0.0648 e. The molecule has 0 aromatic heterocycles. The van der Waals surface area contributed by atoms with Crippen molar-refractivity contribution in [1.29, 1.82) is 0 Å². The largest absolute Gasteiger partial charge is 0.393 e. The molecular weight excluding hydrogens is 192 g/mol. The van der Waals surface area contributed by atoms with Gasteiger partial charge in [-0.1, -0.05) is 12.2 Å². The summed E-state index contributed by atoms with van der Waals surface area (Å²) in [6, 6.07) is 0. The van der Waals surface area contributed by atoms with Crippen molar-refractivity contribution in [2.45, 2.75) is 32.0 Å². The Morgan fingerprint density at radius 1 is 1.27 bits per heavy atom. The molecule has 0 aromatic rings. The lowest BCUT2D eigenvalue weighted by Gasteiger charge is -2.18. The number of hydrogen-bond donors (Lipinski definition) is 1. The Morgan fingerprint density at radius 3 is 2.47 bits per heavy atom. The third-order valence-electron chi connectivity index (χ3n) is 1.87. The minimum atomic E-state index is -0.348. The number of hydrogen-bond acceptors (Lipinski definition) is 3. The molecule has 3 heteroatoms. The minimum Gasteiger partial charge on any atom is -0.393 e. The number of rotatable bonds is 10. The number of aliphatic hydroxyl groups excluding tert-OH is 1. The topological polar surface area (TPSA) is 38.7 Å². The van der Waals surface area contributed by atoms with Crippen LogP contribution in [-0.4, -0.2) is 37.1 Å². The molecule has 88 valence electrons. The Labute approximate surface area is 92.4 Å². The predicted molar refractivity (Wildman–Crippen MR) is 61.9 cm³/mol. The van der Waals surface area contributed by atoms with Gasteiger partial charge in [-0.25, -0.2) is 0 Å². The summed E-state index contributed by atoms with van der Waals surface area (Å²) in [4.78, 5) is 0. The molecule has 0 fully saturated rings. The highest BCUT2D eigenvalue weighted by Gasteiger charge is 2.11. The SMILES string of the molecule is C=CCOCCC(CC(C)O)OCC=C. The lowest BCUT2D eigenvalue weighted by Crippen LogP contribution is -2.21. The lowest BCUT2D eigenvalue weighted by atomic mass is 10.1. The summed E-state index contributed by atoms with van der Waals surface area (Å²) in [7, 11) is 0. The van der Waals surface area contributed by atoms with E-state index in [4.69, 9.17) is 9.47 Å². The van der Waals surface area contributed by atoms with Crippen molar-refractivity contribution in [3.63, 3.8) is 0 Å². The highest BCUT2D eigenvalue weighted by molar-refractivity contribution is 4.69. The van der Waals surface area contributed by atoms with Crippen LogP contribution < -0.4 is 0 Å². The first-order valence-electron chi connectivity index (χ1n) is 5.30. The Bertz CT molecular complexity index is 166. The molecule has 0 aliphatic carbocycles. The highest BCUT2D eigenvalue weighted by atomic mass is 16.5. The van der Waals surface area contributed by atoms with Crippen molar-refractivity contribution in [3.05, 3.63) is 25.3 Å². The summed E-state index contributed by atoms with van der Waals surface area (Å²) < 4.78 is 10.8. The van der Waals surface area contributed by atoms with Crippen LogP contribution in [0.1, 0.15) is 19.8 Å². The second-order valence-electron chi connectivity index (χ2n) is 3.48. The predicted octanol–water partition coefficient (Wildman–Crippen LogP) is 1.92. The summed E-state index contributed by atoms with van der Waals surface area (Å²) in [5.74, 6) is 0. The third kappa shape index (κ3) is 9.66. The molecule has 0 heterocycles. The van der Waals surface area contributed by atoms with Gasteiger partial charge in [0.25, 0.3) is 0 Å². The van der Waals surface area contributed by atoms with Gasteiger partial charge in [-0.3, -0.25) is 0 Å². The van der Waals surface area contributed by atoms with Crippen molar-refractivity contribution >= 4 is 0 Å². The van der Waals surface area contributed by atoms with Crippen LogP contribution >= 0.6 is 0 Å². The first-order chi connectivity index (χ1) is 7.20. The molecule has 0 spiro atoms. The van der Waals surface area contributed by atoms with E-state index in [-0.39, 0.29) is 12.2 Å². The van der Waals surface area contributed by atoms with E-state index >= 15 is 0 Å². The quantitative estimate of drug-likeness (QED) is 0.446. The zero-order valence-electron chi connectivity index (χ0n) is 9.52. The minimum absolute atomic E-state index is 0.0350. The monoisotopic (exact) mass is 214 g/mol. The molecule has 0 saturated carbocycles. The Kier molecular flexibility index (Phi) is 9.48. The van der Waals surface area contributed by atoms with E-state index in [2.05, 4.69) is 13.2 Å². The van der Waals surface area contributed by atoms with Crippen molar-refractivity contribution in [2.24, 2.45) is 0 Å². The molecule has 0 bridgehead atoms. The van der Waals surface area contributed by atoms with E-state index in [1.54, 1.807) is 19.1 Å². The second kappa shape index (κ2) is 9.90. The molecule has 0 aromatic carbocycles. The van der Waals surface area contributed by atoms with Gasteiger partial charge in [-0.2, -0.15) is 0 Å². The van der Waals surface area contributed by atoms with Crippen LogP contribution in [0.5, 0.6) is 0 Å². The average molecular weight is 214 g/mol. The van der Waals surface area contributed by atoms with E-state index in [1.165, 1.54) is 0 Å². The van der Waals surface area contributed by atoms with Crippen LogP contribution in [0, 0.1) is 0 Å². The number of aliphatic hydroxyl groups is 1. The van der Waals surface area contributed by atoms with Crippen LogP contribution in [-0.2, 0) is 9.47 Å². The van der Waals surface area contributed by atoms with Crippen LogP contribution in [0.3, 0.4) is 0 Å². The summed E-state index contributed by atoms with van der Waals surface area (Å²) in [6.45, 7) is 10.6. The van der Waals surface area contributed by atoms with Gasteiger partial charge < -0.3 is 14.6 Å². The molecule has 15 heavy (non-hydrogen) atoms. The summed E-state index contributed by atoms with van der Waals surface area (Å²) in [6.07, 6.45) is 4.53. The van der Waals surface area contributed by atoms with Gasteiger partial charge in [0, 0.05) is 6.61 Å². The first kappa shape index (κ1) is 14.4. The van der Waals surface area contributed by atoms with Gasteiger partial charge in [0.05, 0.1) is 25.4 Å². The summed E-state index contributed by atoms with van der Waals surface area (Å²) in [5.41, 5.74) is 0. The van der Waals surface area contributed by atoms with Gasteiger partial charge in [-0.15, -0.1) is 13.2 Å². The highest BCUT2D eigenvalue weighted by Crippen LogP contribution is 2.07. The maximum absolute atomic E-state index is 9.26. The van der Waals surface area contributed by atoms with Crippen molar-refractivity contribution in [3.8, 4) is 0 Å². The van der Waals surface area contributed by atoms with Crippen molar-refractivity contribution in [2.75, 3.05) is 19.8 Å². The first-order valence-corrected chi connectivity index (χ1v) is 5.30. The van der Waals surface area contributed by atoms with Crippen molar-refractivity contribution < 1.29 is 14.6 Å². The fourth-order valence-corrected chi connectivity index (χ4v) is 1.24. The molecular formula is C12H22O3. The van der Waals surface area contributed by atoms with Crippen LogP contribution in [0.15, 0.2) is 25.3 Å².